The van der Waals surface area contributed by atoms with Gasteiger partial charge in [0.15, 0.2) is 5.82 Å². The van der Waals surface area contributed by atoms with E-state index in [4.69, 9.17) is 13.2 Å². The maximum Gasteiger partial charge on any atom is 0.253 e. The first kappa shape index (κ1) is 35.7. The van der Waals surface area contributed by atoms with Crippen LogP contribution in [0.3, 0.4) is 0 Å². The summed E-state index contributed by atoms with van der Waals surface area (Å²) in [6.45, 7) is 9.35. The number of amides is 1. The first-order valence-electron chi connectivity index (χ1n) is 21.8. The van der Waals surface area contributed by atoms with Crippen LogP contribution in [-0.2, 0) is 4.74 Å². The number of fused-ring (bicyclic) bond motifs is 1. The molecular formula is C46H55N9O3. The van der Waals surface area contributed by atoms with Crippen LogP contribution in [0.5, 0.6) is 5.75 Å². The van der Waals surface area contributed by atoms with E-state index < -0.39 is 13.2 Å². The first-order valence-corrected chi connectivity index (χ1v) is 20.7. The molecule has 5 aromatic rings. The highest BCUT2D eigenvalue weighted by Gasteiger charge is 2.30. The van der Waals surface area contributed by atoms with Gasteiger partial charge in [-0.3, -0.25) is 10.1 Å². The normalized spacial score (nSPS) is 23.0. The molecule has 6 heterocycles. The van der Waals surface area contributed by atoms with Gasteiger partial charge in [0.1, 0.15) is 11.9 Å². The number of ether oxygens (including phenoxy) is 1. The molecule has 3 aromatic carbocycles. The predicted molar refractivity (Wildman–Crippen MR) is 230 cm³/mol. The number of phenols is 1. The predicted octanol–water partition coefficient (Wildman–Crippen LogP) is 6.65. The molecule has 2 unspecified atom stereocenters. The molecule has 302 valence electrons. The highest BCUT2D eigenvalue weighted by atomic mass is 16.5. The average molecular weight is 784 g/mol. The van der Waals surface area contributed by atoms with Crippen molar-refractivity contribution in [3.05, 3.63) is 107 Å². The Morgan fingerprint density at radius 2 is 1.79 bits per heavy atom. The summed E-state index contributed by atoms with van der Waals surface area (Å²) < 4.78 is 25.2. The molecule has 0 saturated carbocycles. The van der Waals surface area contributed by atoms with Gasteiger partial charge in [0, 0.05) is 88.7 Å². The molecule has 4 N–H and O–H groups in total. The van der Waals surface area contributed by atoms with Crippen molar-refractivity contribution in [2.45, 2.75) is 51.7 Å². The van der Waals surface area contributed by atoms with E-state index in [1.54, 1.807) is 18.2 Å². The number of hydrogen-bond acceptors (Lipinski definition) is 10. The van der Waals surface area contributed by atoms with E-state index in [0.29, 0.717) is 54.3 Å². The zero-order chi connectivity index (χ0) is 41.5. The number of nitrogens with one attached hydrogen (secondary N) is 1. The van der Waals surface area contributed by atoms with Gasteiger partial charge in [-0.1, -0.05) is 24.3 Å². The first-order chi connectivity index (χ1) is 29.1. The monoisotopic (exact) mass is 783 g/mol. The lowest BCUT2D eigenvalue weighted by Crippen LogP contribution is -2.43. The molecule has 0 aliphatic carbocycles. The molecule has 4 aliphatic heterocycles. The Morgan fingerprint density at radius 1 is 0.966 bits per heavy atom. The molecule has 12 heteroatoms. The number of hydrogen-bond donors (Lipinski definition) is 3. The average Bonchev–Trinajstić information content (AvgIpc) is 3.68. The van der Waals surface area contributed by atoms with Crippen LogP contribution in [0, 0.1) is 19.8 Å². The number of likely N-dealkylation sites (tertiary alicyclic amines) is 2. The molecule has 3 fully saturated rings. The molecule has 4 aliphatic rings. The van der Waals surface area contributed by atoms with Gasteiger partial charge in [-0.15, -0.1) is 10.2 Å². The molecule has 9 rings (SSSR count). The second-order valence-corrected chi connectivity index (χ2v) is 16.3. The summed E-state index contributed by atoms with van der Waals surface area (Å²) in [5, 5.41) is 23.0. The summed E-state index contributed by atoms with van der Waals surface area (Å²) in [5.41, 5.74) is 14.4. The van der Waals surface area contributed by atoms with Crippen molar-refractivity contribution in [1.82, 2.24) is 29.9 Å². The van der Waals surface area contributed by atoms with Crippen LogP contribution < -0.4 is 20.9 Å². The minimum atomic E-state index is -0.697. The van der Waals surface area contributed by atoms with Gasteiger partial charge >= 0.3 is 0 Å². The van der Waals surface area contributed by atoms with E-state index in [9.17, 15) is 9.90 Å². The number of phenolic OH excluding ortho intramolecular Hbond substituents is 1. The number of nitrogen functional groups attached to an aromatic ring is 1. The number of aryl methyl sites for hydroxylation is 2. The maximum atomic E-state index is 13.8. The minimum Gasteiger partial charge on any atom is -0.507 e. The Kier molecular flexibility index (Phi) is 10.1. The standard InChI is InChI=1S/C46H55N9O3/c1-31-24-40(54-16-5-15-48-30-54)38-14-21-55(41(38)25-31)35-12-17-51(18-13-35)28-33-10-19-52(20-11-33)46(57)34-8-9-36(32(2)26-34)44-29-53(22-23-58-44)42-27-39(49-50-45(42)47)37-6-3-4-7-43(37)56/h3-9,14,16,21,24-27,33,35,44,48,56H,10-13,15,17-20,22-23,28-30H2,1-2H3,(H2,47,50)/i15D,30D/t15?,30-,44?/m1/s1. The van der Waals surface area contributed by atoms with Crippen LogP contribution in [0.1, 0.15) is 67.6 Å². The number of para-hydroxylation sites is 1. The number of rotatable bonds is 8. The second kappa shape index (κ2) is 16.4. The molecule has 3 saturated heterocycles. The largest absolute Gasteiger partial charge is 0.507 e. The summed E-state index contributed by atoms with van der Waals surface area (Å²) in [4.78, 5) is 22.5. The van der Waals surface area contributed by atoms with Gasteiger partial charge < -0.3 is 39.7 Å². The Hall–Kier alpha value is -5.43. The molecule has 3 atom stereocenters. The van der Waals surface area contributed by atoms with E-state index in [1.807, 2.05) is 59.3 Å². The lowest BCUT2D eigenvalue weighted by atomic mass is 9.93. The summed E-state index contributed by atoms with van der Waals surface area (Å²) in [6, 6.07) is 21.9. The Labute approximate surface area is 343 Å². The summed E-state index contributed by atoms with van der Waals surface area (Å²) in [6.07, 6.45) is 9.86. The van der Waals surface area contributed by atoms with Crippen molar-refractivity contribution in [1.29, 1.82) is 0 Å². The van der Waals surface area contributed by atoms with E-state index in [1.165, 1.54) is 5.52 Å². The van der Waals surface area contributed by atoms with Crippen molar-refractivity contribution < 1.29 is 17.4 Å². The second-order valence-electron chi connectivity index (χ2n) is 16.3. The van der Waals surface area contributed by atoms with Crippen LogP contribution in [0.25, 0.3) is 22.2 Å². The number of aromatic hydroxyl groups is 1. The van der Waals surface area contributed by atoms with Gasteiger partial charge in [-0.25, -0.2) is 0 Å². The van der Waals surface area contributed by atoms with Crippen molar-refractivity contribution in [2.75, 3.05) is 81.1 Å². The minimum absolute atomic E-state index is 0.0891. The molecule has 0 radical (unpaired) electrons. The quantitative estimate of drug-likeness (QED) is 0.158. The lowest BCUT2D eigenvalue weighted by molar-refractivity contribution is 0.0394. The fraction of sp³-hybridized carbons (Fsp3) is 0.413. The highest BCUT2D eigenvalue weighted by Crippen LogP contribution is 2.37. The third-order valence-electron chi connectivity index (χ3n) is 12.5. The SMILES string of the molecule is [2H]C1C=CN(c2cc(C)cc3c2ccn3C2CCN(CC3CCN(C(=O)c4ccc(C5CN(c6cc(-c7ccccc7O)nnc6N)CCO5)c(C)c4)CC3)CC2)[C@H]([2H])N1. The fourth-order valence-electron chi connectivity index (χ4n) is 9.36. The van der Waals surface area contributed by atoms with E-state index in [2.05, 4.69) is 61.2 Å². The third kappa shape index (κ3) is 7.76. The zero-order valence-electron chi connectivity index (χ0n) is 35.4. The van der Waals surface area contributed by atoms with Crippen molar-refractivity contribution in [3.8, 4) is 17.0 Å². The molecule has 0 bridgehead atoms. The van der Waals surface area contributed by atoms with Crippen LogP contribution in [-0.4, -0.2) is 101 Å². The fourth-order valence-corrected chi connectivity index (χ4v) is 9.36. The smallest absolute Gasteiger partial charge is 0.253 e. The third-order valence-corrected chi connectivity index (χ3v) is 12.5. The number of aromatic nitrogens is 3. The molecule has 58 heavy (non-hydrogen) atoms. The Bertz CT molecular complexity index is 2390. The summed E-state index contributed by atoms with van der Waals surface area (Å²) >= 11 is 0. The van der Waals surface area contributed by atoms with Crippen LogP contribution in [0.2, 0.25) is 0 Å². The van der Waals surface area contributed by atoms with Crippen molar-refractivity contribution in [3.63, 3.8) is 0 Å². The number of benzene rings is 3. The van der Waals surface area contributed by atoms with E-state index in [0.717, 1.165) is 91.9 Å². The number of anilines is 3. The van der Waals surface area contributed by atoms with Gasteiger partial charge in [0.05, 0.1) is 37.2 Å². The van der Waals surface area contributed by atoms with E-state index in [-0.39, 0.29) is 17.8 Å². The highest BCUT2D eigenvalue weighted by molar-refractivity contribution is 5.95. The van der Waals surface area contributed by atoms with Gasteiger partial charge in [0.25, 0.3) is 5.91 Å². The number of nitrogens with two attached hydrogens (primary N) is 1. The molecule has 1 amide bonds. The molecule has 0 spiro atoms. The van der Waals surface area contributed by atoms with Crippen molar-refractivity contribution >= 4 is 34.0 Å². The van der Waals surface area contributed by atoms with Gasteiger partial charge in [-0.05, 0) is 111 Å². The zero-order valence-corrected chi connectivity index (χ0v) is 33.4. The molecule has 2 aromatic heterocycles. The topological polar surface area (TPSA) is 128 Å². The Balaban J connectivity index is 0.776. The number of morpholine rings is 1. The number of piperidine rings is 2. The number of carbonyl (C=O) groups excluding carboxylic acids is 1. The van der Waals surface area contributed by atoms with Crippen LogP contribution in [0.15, 0.2) is 85.2 Å². The Morgan fingerprint density at radius 3 is 2.59 bits per heavy atom. The maximum absolute atomic E-state index is 13.8. The van der Waals surface area contributed by atoms with Crippen molar-refractivity contribution in [2.24, 2.45) is 5.92 Å². The lowest BCUT2D eigenvalue weighted by Gasteiger charge is -2.38. The van der Waals surface area contributed by atoms with Gasteiger partial charge in [0.2, 0.25) is 0 Å². The molecule has 12 nitrogen and oxygen atoms in total. The van der Waals surface area contributed by atoms with E-state index >= 15 is 0 Å². The van der Waals surface area contributed by atoms with Crippen LogP contribution in [0.4, 0.5) is 17.2 Å². The van der Waals surface area contributed by atoms with Crippen LogP contribution >= 0.6 is 0 Å². The number of nitrogens with zero attached hydrogens (tertiary/aromatic N) is 7. The summed E-state index contributed by atoms with van der Waals surface area (Å²) in [5.74, 6) is 1.12. The summed E-state index contributed by atoms with van der Waals surface area (Å²) in [7, 11) is 0. The molecular weight excluding hydrogens is 727 g/mol. The number of carbonyl (C=O) groups is 1. The van der Waals surface area contributed by atoms with Gasteiger partial charge in [-0.2, -0.15) is 0 Å².